The first-order chi connectivity index (χ1) is 15.5. The summed E-state index contributed by atoms with van der Waals surface area (Å²) in [5.74, 6) is 1.34. The van der Waals surface area contributed by atoms with E-state index in [0.29, 0.717) is 44.9 Å². The Balaban J connectivity index is 1.39. The van der Waals surface area contributed by atoms with Gasteiger partial charge in [-0.05, 0) is 51.1 Å². The quantitative estimate of drug-likeness (QED) is 0.552. The number of carbonyl (C=O) groups excluding carboxylic acids is 2. The highest BCUT2D eigenvalue weighted by molar-refractivity contribution is 5.96. The zero-order valence-corrected chi connectivity index (χ0v) is 18.7. The molecule has 1 aliphatic rings. The number of pyridine rings is 1. The second kappa shape index (κ2) is 9.30. The lowest BCUT2D eigenvalue weighted by molar-refractivity contribution is 0.0525. The van der Waals surface area contributed by atoms with Crippen LogP contribution in [0.5, 0.6) is 0 Å². The lowest BCUT2D eigenvalue weighted by Crippen LogP contribution is -2.49. The Bertz CT molecular complexity index is 1080. The maximum atomic E-state index is 13.2. The van der Waals surface area contributed by atoms with Gasteiger partial charge in [-0.25, -0.2) is 9.78 Å². The van der Waals surface area contributed by atoms with E-state index in [2.05, 4.69) is 14.5 Å². The van der Waals surface area contributed by atoms with Gasteiger partial charge >= 0.3 is 5.97 Å². The minimum Gasteiger partial charge on any atom is -0.467 e. The minimum absolute atomic E-state index is 0.0501. The fraction of sp³-hybridized carbons (Fsp3) is 0.375. The largest absolute Gasteiger partial charge is 0.467 e. The Morgan fingerprint density at radius 1 is 1.12 bits per heavy atom. The van der Waals surface area contributed by atoms with Gasteiger partial charge in [0.15, 0.2) is 0 Å². The normalized spacial score (nSPS) is 14.0. The van der Waals surface area contributed by atoms with Crippen LogP contribution in [0.15, 0.2) is 47.2 Å². The second-order valence-electron chi connectivity index (χ2n) is 7.86. The number of furan rings is 1. The number of ether oxygens (including phenoxy) is 1. The number of hydrogen-bond acceptors (Lipinski definition) is 6. The molecule has 4 heterocycles. The number of carbonyl (C=O) groups is 2. The highest BCUT2D eigenvalue weighted by Crippen LogP contribution is 2.21. The number of esters is 1. The number of anilines is 1. The van der Waals surface area contributed by atoms with E-state index in [9.17, 15) is 9.59 Å². The van der Waals surface area contributed by atoms with Crippen molar-refractivity contribution < 1.29 is 18.7 Å². The number of nitrogens with zero attached hydrogens (tertiary/aromatic N) is 4. The van der Waals surface area contributed by atoms with Gasteiger partial charge in [-0.15, -0.1) is 0 Å². The van der Waals surface area contributed by atoms with Gasteiger partial charge in [0.2, 0.25) is 0 Å². The Labute approximate surface area is 187 Å². The van der Waals surface area contributed by atoms with E-state index in [4.69, 9.17) is 9.15 Å². The number of hydrogen-bond donors (Lipinski definition) is 0. The Kier molecular flexibility index (Phi) is 6.30. The molecule has 8 nitrogen and oxygen atoms in total. The van der Waals surface area contributed by atoms with Crippen LogP contribution in [0.25, 0.3) is 0 Å². The van der Waals surface area contributed by atoms with Crippen molar-refractivity contribution in [3.8, 4) is 0 Å². The molecule has 0 N–H and O–H groups in total. The molecule has 3 aromatic rings. The van der Waals surface area contributed by atoms with Crippen molar-refractivity contribution in [3.63, 3.8) is 0 Å². The van der Waals surface area contributed by atoms with Crippen molar-refractivity contribution in [1.29, 1.82) is 0 Å². The molecule has 1 fully saturated rings. The molecule has 0 spiro atoms. The molecule has 0 aromatic carbocycles. The first kappa shape index (κ1) is 21.7. The van der Waals surface area contributed by atoms with Crippen molar-refractivity contribution in [2.24, 2.45) is 0 Å². The van der Waals surface area contributed by atoms with Crippen LogP contribution in [0.3, 0.4) is 0 Å². The first-order valence-electron chi connectivity index (χ1n) is 10.8. The molecule has 0 bridgehead atoms. The summed E-state index contributed by atoms with van der Waals surface area (Å²) in [5.41, 5.74) is 3.16. The first-order valence-corrected chi connectivity index (χ1v) is 10.8. The lowest BCUT2D eigenvalue weighted by Gasteiger charge is -2.35. The van der Waals surface area contributed by atoms with E-state index in [1.165, 1.54) is 0 Å². The van der Waals surface area contributed by atoms with E-state index in [1.807, 2.05) is 43.0 Å². The van der Waals surface area contributed by atoms with E-state index in [-0.39, 0.29) is 11.9 Å². The number of rotatable bonds is 6. The minimum atomic E-state index is -0.369. The molecule has 1 amide bonds. The number of aryl methyl sites for hydroxylation is 1. The van der Waals surface area contributed by atoms with Gasteiger partial charge in [-0.2, -0.15) is 0 Å². The van der Waals surface area contributed by atoms with Crippen LogP contribution in [0.2, 0.25) is 0 Å². The summed E-state index contributed by atoms with van der Waals surface area (Å²) in [7, 11) is 0. The molecule has 8 heteroatoms. The Hall–Kier alpha value is -3.55. The SMILES string of the molecule is CCOC(=O)c1ccc(N2CCN(C(=O)c3cc(C)n(Cc4ccco4)c3C)CC2)nc1. The average Bonchev–Trinajstić information content (AvgIpc) is 3.43. The second-order valence-corrected chi connectivity index (χ2v) is 7.86. The Morgan fingerprint density at radius 2 is 1.91 bits per heavy atom. The summed E-state index contributed by atoms with van der Waals surface area (Å²) in [6.45, 7) is 9.30. The molecule has 0 radical (unpaired) electrons. The van der Waals surface area contributed by atoms with Crippen LogP contribution < -0.4 is 4.90 Å². The number of piperazine rings is 1. The highest BCUT2D eigenvalue weighted by Gasteiger charge is 2.26. The molecule has 1 aliphatic heterocycles. The molecular weight excluding hydrogens is 408 g/mol. The highest BCUT2D eigenvalue weighted by atomic mass is 16.5. The van der Waals surface area contributed by atoms with Crippen LogP contribution in [-0.2, 0) is 11.3 Å². The number of aromatic nitrogens is 2. The average molecular weight is 437 g/mol. The third-order valence-corrected chi connectivity index (χ3v) is 5.85. The predicted molar refractivity (Wildman–Crippen MR) is 120 cm³/mol. The maximum absolute atomic E-state index is 13.2. The molecule has 4 rings (SSSR count). The smallest absolute Gasteiger partial charge is 0.339 e. The zero-order chi connectivity index (χ0) is 22.7. The molecule has 0 aliphatic carbocycles. The Morgan fingerprint density at radius 3 is 2.53 bits per heavy atom. The van der Waals surface area contributed by atoms with Crippen molar-refractivity contribution in [1.82, 2.24) is 14.5 Å². The van der Waals surface area contributed by atoms with E-state index in [0.717, 1.165) is 28.5 Å². The van der Waals surface area contributed by atoms with Gasteiger partial charge < -0.3 is 23.5 Å². The zero-order valence-electron chi connectivity index (χ0n) is 18.7. The van der Waals surface area contributed by atoms with Gasteiger partial charge in [0.1, 0.15) is 11.6 Å². The molecule has 0 atom stereocenters. The summed E-state index contributed by atoms with van der Waals surface area (Å²) < 4.78 is 12.6. The van der Waals surface area contributed by atoms with Gasteiger partial charge in [-0.3, -0.25) is 4.79 Å². The van der Waals surface area contributed by atoms with Crippen LogP contribution in [-0.4, -0.2) is 59.1 Å². The van der Waals surface area contributed by atoms with Crippen LogP contribution >= 0.6 is 0 Å². The molecule has 1 saturated heterocycles. The summed E-state index contributed by atoms with van der Waals surface area (Å²) in [6.07, 6.45) is 3.20. The molecule has 3 aromatic heterocycles. The van der Waals surface area contributed by atoms with Crippen molar-refractivity contribution in [2.75, 3.05) is 37.7 Å². The monoisotopic (exact) mass is 436 g/mol. The summed E-state index contributed by atoms with van der Waals surface area (Å²) in [5, 5.41) is 0. The van der Waals surface area contributed by atoms with Gasteiger partial charge in [0.05, 0.1) is 30.5 Å². The standard InChI is InChI=1S/C24H28N4O4/c1-4-31-24(30)19-7-8-22(25-15-19)26-9-11-27(12-10-26)23(29)21-14-17(2)28(18(21)3)16-20-6-5-13-32-20/h5-8,13-15H,4,9-12,16H2,1-3H3. The van der Waals surface area contributed by atoms with E-state index >= 15 is 0 Å². The van der Waals surface area contributed by atoms with Gasteiger partial charge in [-0.1, -0.05) is 0 Å². The molecule has 32 heavy (non-hydrogen) atoms. The van der Waals surface area contributed by atoms with Gasteiger partial charge in [0.25, 0.3) is 5.91 Å². The molecule has 168 valence electrons. The van der Waals surface area contributed by atoms with Crippen LogP contribution in [0.1, 0.15) is 44.8 Å². The van der Waals surface area contributed by atoms with Gasteiger partial charge in [0, 0.05) is 43.8 Å². The maximum Gasteiger partial charge on any atom is 0.339 e. The summed E-state index contributed by atoms with van der Waals surface area (Å²) in [6, 6.07) is 9.32. The van der Waals surface area contributed by atoms with Crippen LogP contribution in [0, 0.1) is 13.8 Å². The third-order valence-electron chi connectivity index (χ3n) is 5.85. The fourth-order valence-electron chi connectivity index (χ4n) is 4.04. The molecule has 0 unspecified atom stereocenters. The summed E-state index contributed by atoms with van der Waals surface area (Å²) in [4.78, 5) is 33.4. The number of amides is 1. The van der Waals surface area contributed by atoms with E-state index in [1.54, 1.807) is 25.5 Å². The van der Waals surface area contributed by atoms with Crippen LogP contribution in [0.4, 0.5) is 5.82 Å². The molecule has 0 saturated carbocycles. The van der Waals surface area contributed by atoms with E-state index < -0.39 is 0 Å². The predicted octanol–water partition coefficient (Wildman–Crippen LogP) is 3.28. The topological polar surface area (TPSA) is 80.8 Å². The lowest BCUT2D eigenvalue weighted by atomic mass is 10.2. The fourth-order valence-corrected chi connectivity index (χ4v) is 4.04. The van der Waals surface area contributed by atoms with Crippen molar-refractivity contribution >= 4 is 17.7 Å². The van der Waals surface area contributed by atoms with Crippen molar-refractivity contribution in [3.05, 3.63) is 71.1 Å². The molecular formula is C24H28N4O4. The van der Waals surface area contributed by atoms with Crippen molar-refractivity contribution in [2.45, 2.75) is 27.3 Å². The summed E-state index contributed by atoms with van der Waals surface area (Å²) >= 11 is 0. The third kappa shape index (κ3) is 4.39.